The Hall–Kier alpha value is -2.01. The highest BCUT2D eigenvalue weighted by molar-refractivity contribution is 6.33. The van der Waals surface area contributed by atoms with Crippen molar-refractivity contribution in [1.29, 1.82) is 0 Å². The SMILES string of the molecule is Cc1cc(N2CCC(NC(=O)c3ccccc3Cl)CC2)n[nH]1. The normalized spacial score (nSPS) is 15.8. The number of benzene rings is 1. The van der Waals surface area contributed by atoms with Crippen molar-refractivity contribution in [2.24, 2.45) is 0 Å². The van der Waals surface area contributed by atoms with E-state index in [0.717, 1.165) is 37.4 Å². The van der Waals surface area contributed by atoms with Crippen molar-refractivity contribution in [2.75, 3.05) is 18.0 Å². The smallest absolute Gasteiger partial charge is 0.253 e. The molecule has 2 heterocycles. The van der Waals surface area contributed by atoms with Gasteiger partial charge >= 0.3 is 0 Å². The zero-order valence-electron chi connectivity index (χ0n) is 12.5. The fourth-order valence-corrected chi connectivity index (χ4v) is 2.95. The van der Waals surface area contributed by atoms with Crippen LogP contribution in [0.25, 0.3) is 0 Å². The molecule has 22 heavy (non-hydrogen) atoms. The van der Waals surface area contributed by atoms with E-state index >= 15 is 0 Å². The Balaban J connectivity index is 1.56. The molecule has 1 aromatic heterocycles. The summed E-state index contributed by atoms with van der Waals surface area (Å²) in [4.78, 5) is 14.5. The molecule has 3 rings (SSSR count). The van der Waals surface area contributed by atoms with Gasteiger partial charge in [0.2, 0.25) is 0 Å². The number of piperidine rings is 1. The minimum absolute atomic E-state index is 0.0975. The molecular weight excluding hydrogens is 300 g/mol. The van der Waals surface area contributed by atoms with Crippen LogP contribution in [0.1, 0.15) is 28.9 Å². The number of carbonyl (C=O) groups excluding carboxylic acids is 1. The summed E-state index contributed by atoms with van der Waals surface area (Å²) in [6.45, 7) is 3.77. The minimum Gasteiger partial charge on any atom is -0.355 e. The number of amides is 1. The lowest BCUT2D eigenvalue weighted by Crippen LogP contribution is -2.44. The first-order valence-electron chi connectivity index (χ1n) is 7.46. The topological polar surface area (TPSA) is 61.0 Å². The number of aromatic nitrogens is 2. The predicted molar refractivity (Wildman–Crippen MR) is 87.5 cm³/mol. The van der Waals surface area contributed by atoms with Gasteiger partial charge < -0.3 is 10.2 Å². The van der Waals surface area contributed by atoms with E-state index in [1.54, 1.807) is 12.1 Å². The molecule has 1 fully saturated rings. The third-order valence-electron chi connectivity index (χ3n) is 3.97. The van der Waals surface area contributed by atoms with Gasteiger partial charge in [-0.25, -0.2) is 0 Å². The Kier molecular flexibility index (Phi) is 4.34. The van der Waals surface area contributed by atoms with E-state index in [2.05, 4.69) is 20.4 Å². The van der Waals surface area contributed by atoms with Crippen molar-refractivity contribution in [3.8, 4) is 0 Å². The molecule has 1 aromatic carbocycles. The van der Waals surface area contributed by atoms with E-state index in [9.17, 15) is 4.79 Å². The molecule has 116 valence electrons. The Morgan fingerprint density at radius 1 is 1.36 bits per heavy atom. The summed E-state index contributed by atoms with van der Waals surface area (Å²) in [5, 5.41) is 10.8. The number of aryl methyl sites for hydroxylation is 1. The Morgan fingerprint density at radius 2 is 2.09 bits per heavy atom. The lowest BCUT2D eigenvalue weighted by atomic mass is 10.0. The van der Waals surface area contributed by atoms with Gasteiger partial charge in [0, 0.05) is 30.9 Å². The van der Waals surface area contributed by atoms with Crippen LogP contribution in [-0.4, -0.2) is 35.2 Å². The zero-order chi connectivity index (χ0) is 15.5. The van der Waals surface area contributed by atoms with Crippen molar-refractivity contribution in [3.05, 3.63) is 46.6 Å². The van der Waals surface area contributed by atoms with Gasteiger partial charge in [0.1, 0.15) is 0 Å². The number of anilines is 1. The summed E-state index contributed by atoms with van der Waals surface area (Å²) >= 11 is 6.06. The van der Waals surface area contributed by atoms with Crippen molar-refractivity contribution in [2.45, 2.75) is 25.8 Å². The average molecular weight is 319 g/mol. The van der Waals surface area contributed by atoms with Crippen molar-refractivity contribution < 1.29 is 4.79 Å². The molecule has 6 heteroatoms. The van der Waals surface area contributed by atoms with E-state index in [4.69, 9.17) is 11.6 Å². The van der Waals surface area contributed by atoms with Gasteiger partial charge in [-0.15, -0.1) is 0 Å². The number of nitrogens with zero attached hydrogens (tertiary/aromatic N) is 2. The maximum atomic E-state index is 12.3. The van der Waals surface area contributed by atoms with E-state index in [-0.39, 0.29) is 11.9 Å². The van der Waals surface area contributed by atoms with Crippen LogP contribution in [0.3, 0.4) is 0 Å². The second-order valence-electron chi connectivity index (χ2n) is 5.62. The number of halogens is 1. The van der Waals surface area contributed by atoms with Crippen LogP contribution in [0.5, 0.6) is 0 Å². The summed E-state index contributed by atoms with van der Waals surface area (Å²) in [6.07, 6.45) is 1.81. The van der Waals surface area contributed by atoms with Gasteiger partial charge in [-0.2, -0.15) is 5.10 Å². The lowest BCUT2D eigenvalue weighted by Gasteiger charge is -2.32. The van der Waals surface area contributed by atoms with Gasteiger partial charge in [0.05, 0.1) is 10.6 Å². The first-order chi connectivity index (χ1) is 10.6. The third-order valence-corrected chi connectivity index (χ3v) is 4.29. The molecule has 0 aliphatic carbocycles. The number of H-pyrrole nitrogens is 1. The highest BCUT2D eigenvalue weighted by atomic mass is 35.5. The molecule has 0 bridgehead atoms. The van der Waals surface area contributed by atoms with E-state index in [1.165, 1.54) is 0 Å². The Bertz CT molecular complexity index is 662. The van der Waals surface area contributed by atoms with E-state index in [1.807, 2.05) is 25.1 Å². The van der Waals surface area contributed by atoms with Crippen molar-refractivity contribution in [3.63, 3.8) is 0 Å². The fourth-order valence-electron chi connectivity index (χ4n) is 2.73. The molecule has 0 saturated carbocycles. The van der Waals surface area contributed by atoms with Crippen LogP contribution < -0.4 is 10.2 Å². The van der Waals surface area contributed by atoms with Gasteiger partial charge in [-0.3, -0.25) is 9.89 Å². The molecule has 1 saturated heterocycles. The second kappa shape index (κ2) is 6.40. The molecule has 0 spiro atoms. The van der Waals surface area contributed by atoms with Gasteiger partial charge in [-0.1, -0.05) is 23.7 Å². The Morgan fingerprint density at radius 3 is 2.73 bits per heavy atom. The van der Waals surface area contributed by atoms with Crippen LogP contribution in [0, 0.1) is 6.92 Å². The molecule has 0 radical (unpaired) electrons. The molecule has 1 aliphatic rings. The number of hydrogen-bond acceptors (Lipinski definition) is 3. The van der Waals surface area contributed by atoms with Crippen LogP contribution in [-0.2, 0) is 0 Å². The second-order valence-corrected chi connectivity index (χ2v) is 6.03. The number of carbonyl (C=O) groups is 1. The summed E-state index contributed by atoms with van der Waals surface area (Å²) in [5.74, 6) is 0.882. The standard InChI is InChI=1S/C16H19ClN4O/c1-11-10-15(20-19-11)21-8-6-12(7-9-21)18-16(22)13-4-2-3-5-14(13)17/h2-5,10,12H,6-9H2,1H3,(H,18,22)(H,19,20). The number of hydrogen-bond donors (Lipinski definition) is 2. The number of nitrogens with one attached hydrogen (secondary N) is 2. The van der Waals surface area contributed by atoms with Crippen LogP contribution >= 0.6 is 11.6 Å². The lowest BCUT2D eigenvalue weighted by molar-refractivity contribution is 0.0931. The first-order valence-corrected chi connectivity index (χ1v) is 7.83. The monoisotopic (exact) mass is 318 g/mol. The summed E-state index contributed by atoms with van der Waals surface area (Å²) < 4.78 is 0. The summed E-state index contributed by atoms with van der Waals surface area (Å²) in [6, 6.07) is 9.35. The Labute approximate surface area is 134 Å². The maximum absolute atomic E-state index is 12.3. The molecule has 1 aliphatic heterocycles. The van der Waals surface area contributed by atoms with Gasteiger partial charge in [0.15, 0.2) is 5.82 Å². The van der Waals surface area contributed by atoms with Crippen LogP contribution in [0.2, 0.25) is 5.02 Å². The quantitative estimate of drug-likeness (QED) is 0.914. The molecule has 0 atom stereocenters. The summed E-state index contributed by atoms with van der Waals surface area (Å²) in [7, 11) is 0. The van der Waals surface area contributed by atoms with Crippen molar-refractivity contribution >= 4 is 23.3 Å². The molecule has 0 unspecified atom stereocenters. The van der Waals surface area contributed by atoms with E-state index in [0.29, 0.717) is 10.6 Å². The molecule has 1 amide bonds. The van der Waals surface area contributed by atoms with Crippen LogP contribution in [0.4, 0.5) is 5.82 Å². The molecule has 2 N–H and O–H groups in total. The fraction of sp³-hybridized carbons (Fsp3) is 0.375. The molecular formula is C16H19ClN4O. The molecule has 5 nitrogen and oxygen atoms in total. The average Bonchev–Trinajstić information content (AvgIpc) is 2.95. The maximum Gasteiger partial charge on any atom is 0.253 e. The number of rotatable bonds is 3. The zero-order valence-corrected chi connectivity index (χ0v) is 13.2. The van der Waals surface area contributed by atoms with Gasteiger partial charge in [0.25, 0.3) is 5.91 Å². The summed E-state index contributed by atoms with van der Waals surface area (Å²) in [5.41, 5.74) is 1.60. The largest absolute Gasteiger partial charge is 0.355 e. The molecule has 2 aromatic rings. The third kappa shape index (κ3) is 3.25. The van der Waals surface area contributed by atoms with E-state index < -0.39 is 0 Å². The first kappa shape index (κ1) is 14.9. The minimum atomic E-state index is -0.0975. The van der Waals surface area contributed by atoms with Gasteiger partial charge in [-0.05, 0) is 31.9 Å². The highest BCUT2D eigenvalue weighted by Gasteiger charge is 2.23. The predicted octanol–water partition coefficient (Wildman–Crippen LogP) is 2.77. The number of aromatic amines is 1. The van der Waals surface area contributed by atoms with Crippen LogP contribution in [0.15, 0.2) is 30.3 Å². The highest BCUT2D eigenvalue weighted by Crippen LogP contribution is 2.20. The van der Waals surface area contributed by atoms with Crippen molar-refractivity contribution in [1.82, 2.24) is 15.5 Å².